The van der Waals surface area contributed by atoms with Crippen LogP contribution in [0.25, 0.3) is 0 Å². The van der Waals surface area contributed by atoms with E-state index in [1.807, 2.05) is 27.4 Å². The SMILES string of the molecule is C=O.C=O.CCN(C)C(=O)Cc1c(N(C)C=O)nc(C(C)C)n1Cc1ccc(C)cc1.Cc1ccno1. The number of carbonyl (C=O) groups excluding carboxylic acids is 4. The monoisotopic (exact) mass is 513 g/mol. The Bertz CT molecular complexity index is 1060. The van der Waals surface area contributed by atoms with Gasteiger partial charge < -0.3 is 28.5 Å². The van der Waals surface area contributed by atoms with Crippen molar-refractivity contribution in [3.05, 3.63) is 64.9 Å². The van der Waals surface area contributed by atoms with Crippen molar-refractivity contribution in [1.29, 1.82) is 0 Å². The molecule has 0 spiro atoms. The van der Waals surface area contributed by atoms with Crippen molar-refractivity contribution in [2.75, 3.05) is 25.5 Å². The number of benzene rings is 1. The van der Waals surface area contributed by atoms with Crippen LogP contribution in [0.1, 0.15) is 55.1 Å². The zero-order chi connectivity index (χ0) is 28.5. The molecule has 2 heterocycles. The molecule has 0 aliphatic heterocycles. The molecule has 0 unspecified atom stereocenters. The Morgan fingerprint density at radius 1 is 1.08 bits per heavy atom. The van der Waals surface area contributed by atoms with Crippen molar-refractivity contribution in [3.63, 3.8) is 0 Å². The van der Waals surface area contributed by atoms with Crippen LogP contribution >= 0.6 is 0 Å². The second-order valence-electron chi connectivity index (χ2n) is 8.39. The van der Waals surface area contributed by atoms with Gasteiger partial charge in [0.1, 0.15) is 25.2 Å². The summed E-state index contributed by atoms with van der Waals surface area (Å²) >= 11 is 0. The summed E-state index contributed by atoms with van der Waals surface area (Å²) in [6, 6.07) is 10.1. The lowest BCUT2D eigenvalue weighted by Crippen LogP contribution is -2.29. The Morgan fingerprint density at radius 3 is 2.08 bits per heavy atom. The van der Waals surface area contributed by atoms with Crippen molar-refractivity contribution < 1.29 is 23.7 Å². The van der Waals surface area contributed by atoms with E-state index in [-0.39, 0.29) is 18.2 Å². The molecule has 2 amide bonds. The van der Waals surface area contributed by atoms with E-state index in [0.717, 1.165) is 29.3 Å². The first-order chi connectivity index (χ1) is 17.7. The van der Waals surface area contributed by atoms with E-state index in [2.05, 4.69) is 59.3 Å². The zero-order valence-electron chi connectivity index (χ0n) is 22.9. The molecule has 0 saturated carbocycles. The first kappa shape index (κ1) is 32.9. The maximum absolute atomic E-state index is 12.6. The third-order valence-corrected chi connectivity index (χ3v) is 5.34. The number of imidazole rings is 1. The molecule has 0 radical (unpaired) electrons. The lowest BCUT2D eigenvalue weighted by atomic mass is 10.1. The normalized spacial score (nSPS) is 9.62. The molecule has 0 aliphatic carbocycles. The fourth-order valence-electron chi connectivity index (χ4n) is 3.23. The Labute approximate surface area is 219 Å². The number of aromatic nitrogens is 3. The molecule has 2 aromatic heterocycles. The van der Waals surface area contributed by atoms with Crippen molar-refractivity contribution >= 4 is 31.7 Å². The maximum Gasteiger partial charge on any atom is 0.228 e. The van der Waals surface area contributed by atoms with Crippen LogP contribution in [-0.4, -0.2) is 66.1 Å². The van der Waals surface area contributed by atoms with Gasteiger partial charge in [0, 0.05) is 39.2 Å². The summed E-state index contributed by atoms with van der Waals surface area (Å²) in [6.45, 7) is 15.3. The predicted molar refractivity (Wildman–Crippen MR) is 144 cm³/mol. The third kappa shape index (κ3) is 10.2. The highest BCUT2D eigenvalue weighted by Gasteiger charge is 2.24. The smallest absolute Gasteiger partial charge is 0.228 e. The molecule has 10 nitrogen and oxygen atoms in total. The van der Waals surface area contributed by atoms with Crippen LogP contribution in [0.2, 0.25) is 0 Å². The van der Waals surface area contributed by atoms with Gasteiger partial charge in [0.2, 0.25) is 12.3 Å². The minimum Gasteiger partial charge on any atom is -0.362 e. The highest BCUT2D eigenvalue weighted by atomic mass is 16.5. The summed E-state index contributed by atoms with van der Waals surface area (Å²) in [5.74, 6) is 2.47. The number of hydrogen-bond donors (Lipinski definition) is 0. The van der Waals surface area contributed by atoms with E-state index in [0.29, 0.717) is 18.9 Å². The summed E-state index contributed by atoms with van der Waals surface area (Å²) in [6.07, 6.45) is 2.57. The molecule has 0 N–H and O–H groups in total. The zero-order valence-corrected chi connectivity index (χ0v) is 22.9. The second kappa shape index (κ2) is 17.4. The van der Waals surface area contributed by atoms with E-state index in [1.165, 1.54) is 10.5 Å². The average Bonchev–Trinajstić information content (AvgIpc) is 3.54. The van der Waals surface area contributed by atoms with Crippen molar-refractivity contribution in [3.8, 4) is 0 Å². The lowest BCUT2D eigenvalue weighted by Gasteiger charge is -2.19. The molecule has 1 aromatic carbocycles. The number of amides is 2. The average molecular weight is 514 g/mol. The Hall–Kier alpha value is -4.08. The predicted octanol–water partition coefficient (Wildman–Crippen LogP) is 3.59. The standard InChI is InChI=1S/C21H30N4O2.C4H5NO.2CH2O/c1-7-23(5)19(27)12-18-21(24(6)14-26)22-20(15(2)3)25(18)13-17-10-8-16(4)9-11-17;1-4-2-3-5-6-4;2*1-2/h8-11,14-15H,7,12-13H2,1-6H3;2-3H,1H3;2*1H2. The van der Waals surface area contributed by atoms with Gasteiger partial charge in [0.05, 0.1) is 18.3 Å². The lowest BCUT2D eigenvalue weighted by molar-refractivity contribution is -0.129. The minimum absolute atomic E-state index is 0.0124. The summed E-state index contributed by atoms with van der Waals surface area (Å²) in [4.78, 5) is 47.9. The summed E-state index contributed by atoms with van der Waals surface area (Å²) in [5.41, 5.74) is 3.12. The molecular weight excluding hydrogens is 474 g/mol. The first-order valence-electron chi connectivity index (χ1n) is 11.7. The van der Waals surface area contributed by atoms with Gasteiger partial charge in [-0.1, -0.05) is 48.8 Å². The number of aryl methyl sites for hydroxylation is 2. The van der Waals surface area contributed by atoms with Crippen LogP contribution in [0.3, 0.4) is 0 Å². The number of rotatable bonds is 8. The Morgan fingerprint density at radius 2 is 1.68 bits per heavy atom. The summed E-state index contributed by atoms with van der Waals surface area (Å²) < 4.78 is 6.67. The number of nitrogens with zero attached hydrogens (tertiary/aromatic N) is 5. The minimum atomic E-state index is 0.0124. The molecule has 0 atom stereocenters. The van der Waals surface area contributed by atoms with Gasteiger partial charge in [-0.2, -0.15) is 0 Å². The van der Waals surface area contributed by atoms with Crippen LogP contribution in [0.4, 0.5) is 5.82 Å². The van der Waals surface area contributed by atoms with Gasteiger partial charge in [-0.05, 0) is 26.3 Å². The quantitative estimate of drug-likeness (QED) is 0.422. The molecule has 37 heavy (non-hydrogen) atoms. The van der Waals surface area contributed by atoms with Gasteiger partial charge in [-0.15, -0.1) is 0 Å². The van der Waals surface area contributed by atoms with Gasteiger partial charge in [-0.3, -0.25) is 9.59 Å². The van der Waals surface area contributed by atoms with Gasteiger partial charge in [0.25, 0.3) is 0 Å². The van der Waals surface area contributed by atoms with E-state index >= 15 is 0 Å². The molecule has 202 valence electrons. The molecule has 3 aromatic rings. The highest BCUT2D eigenvalue weighted by molar-refractivity contribution is 5.82. The van der Waals surface area contributed by atoms with E-state index in [9.17, 15) is 9.59 Å². The first-order valence-corrected chi connectivity index (χ1v) is 11.7. The van der Waals surface area contributed by atoms with Gasteiger partial charge in [0.15, 0.2) is 5.82 Å². The van der Waals surface area contributed by atoms with E-state index in [1.54, 1.807) is 31.3 Å². The summed E-state index contributed by atoms with van der Waals surface area (Å²) in [5, 5.41) is 3.45. The third-order valence-electron chi connectivity index (χ3n) is 5.34. The number of anilines is 1. The summed E-state index contributed by atoms with van der Waals surface area (Å²) in [7, 11) is 3.46. The fourth-order valence-corrected chi connectivity index (χ4v) is 3.23. The molecular formula is C27H39N5O5. The topological polar surface area (TPSA) is 119 Å². The van der Waals surface area contributed by atoms with Crippen LogP contribution in [0.15, 0.2) is 41.1 Å². The van der Waals surface area contributed by atoms with Crippen LogP contribution in [0.5, 0.6) is 0 Å². The Balaban J connectivity index is 0.00000110. The molecule has 0 aliphatic rings. The number of likely N-dealkylation sites (N-methyl/N-ethyl adjacent to an activating group) is 1. The van der Waals surface area contributed by atoms with Crippen molar-refractivity contribution in [1.82, 2.24) is 19.6 Å². The van der Waals surface area contributed by atoms with Crippen molar-refractivity contribution in [2.24, 2.45) is 0 Å². The molecule has 0 bridgehead atoms. The van der Waals surface area contributed by atoms with Crippen molar-refractivity contribution in [2.45, 2.75) is 53.5 Å². The second-order valence-corrected chi connectivity index (χ2v) is 8.39. The molecule has 10 heteroatoms. The number of carbonyl (C=O) groups is 4. The van der Waals surface area contributed by atoms with Crippen LogP contribution in [-0.2, 0) is 32.1 Å². The van der Waals surface area contributed by atoms with E-state index < -0.39 is 0 Å². The largest absolute Gasteiger partial charge is 0.362 e. The highest BCUT2D eigenvalue weighted by Crippen LogP contribution is 2.27. The van der Waals surface area contributed by atoms with Crippen LogP contribution < -0.4 is 4.90 Å². The van der Waals surface area contributed by atoms with Gasteiger partial charge in [-0.25, -0.2) is 4.98 Å². The molecule has 0 fully saturated rings. The fraction of sp³-hybridized carbons (Fsp3) is 0.407. The molecule has 0 saturated heterocycles. The number of hydrogen-bond acceptors (Lipinski definition) is 7. The molecule has 3 rings (SSSR count). The maximum atomic E-state index is 12.6. The van der Waals surface area contributed by atoms with Gasteiger partial charge >= 0.3 is 0 Å². The Kier molecular flexibility index (Phi) is 15.5. The van der Waals surface area contributed by atoms with Crippen LogP contribution in [0, 0.1) is 13.8 Å². The van der Waals surface area contributed by atoms with E-state index in [4.69, 9.17) is 14.6 Å².